The highest BCUT2D eigenvalue weighted by molar-refractivity contribution is 8.00. The molecule has 0 bridgehead atoms. The summed E-state index contributed by atoms with van der Waals surface area (Å²) in [6.07, 6.45) is 1.87. The van der Waals surface area contributed by atoms with Gasteiger partial charge in [0.1, 0.15) is 22.1 Å². The first-order valence-corrected chi connectivity index (χ1v) is 12.5. The van der Waals surface area contributed by atoms with Gasteiger partial charge in [0.05, 0.1) is 11.3 Å². The number of carboxylic acids is 1. The molecule has 2 aliphatic heterocycles. The Morgan fingerprint density at radius 1 is 1.19 bits per heavy atom. The van der Waals surface area contributed by atoms with Crippen LogP contribution in [0.15, 0.2) is 59.7 Å². The number of amides is 2. The monoisotopic (exact) mass is 483 g/mol. The number of aliphatic carboxylic acids is 1. The van der Waals surface area contributed by atoms with E-state index in [9.17, 15) is 19.5 Å². The molecule has 162 valence electrons. The number of aromatic nitrogens is 1. The van der Waals surface area contributed by atoms with Gasteiger partial charge in [0, 0.05) is 28.0 Å². The Balaban J connectivity index is 1.37. The van der Waals surface area contributed by atoms with Crippen molar-refractivity contribution >= 4 is 57.8 Å². The third kappa shape index (κ3) is 3.74. The summed E-state index contributed by atoms with van der Waals surface area (Å²) >= 11 is 4.34. The van der Waals surface area contributed by atoms with Crippen LogP contribution in [0, 0.1) is 0 Å². The number of carbonyl (C=O) groups is 3. The molecule has 5 rings (SSSR count). The quantitative estimate of drug-likeness (QED) is 0.522. The highest BCUT2D eigenvalue weighted by Crippen LogP contribution is 2.44. The topological polar surface area (TPSA) is 99.6 Å². The summed E-state index contributed by atoms with van der Waals surface area (Å²) in [5, 5.41) is 14.9. The Kier molecular flexibility index (Phi) is 5.58. The maximum absolute atomic E-state index is 12.8. The van der Waals surface area contributed by atoms with Crippen LogP contribution in [0.25, 0.3) is 16.1 Å². The van der Waals surface area contributed by atoms with Gasteiger partial charge in [0.25, 0.3) is 5.91 Å². The number of rotatable bonds is 6. The number of thiazole rings is 1. The molecule has 2 aliphatic rings. The minimum atomic E-state index is -1.16. The molecule has 7 nitrogen and oxygen atoms in total. The van der Waals surface area contributed by atoms with Gasteiger partial charge in [-0.2, -0.15) is 0 Å². The first kappa shape index (κ1) is 20.9. The van der Waals surface area contributed by atoms with Crippen LogP contribution in [0.3, 0.4) is 0 Å². The first-order valence-electron chi connectivity index (χ1n) is 9.77. The normalized spacial score (nSPS) is 20.0. The van der Waals surface area contributed by atoms with E-state index in [0.717, 1.165) is 20.3 Å². The maximum atomic E-state index is 12.8. The van der Waals surface area contributed by atoms with E-state index in [-0.39, 0.29) is 18.0 Å². The number of thioether (sulfide) groups is 1. The van der Waals surface area contributed by atoms with E-state index in [1.54, 1.807) is 6.20 Å². The predicted molar refractivity (Wildman–Crippen MR) is 125 cm³/mol. The molecule has 1 aromatic carbocycles. The summed E-state index contributed by atoms with van der Waals surface area (Å²) in [7, 11) is 0. The van der Waals surface area contributed by atoms with Crippen molar-refractivity contribution in [1.82, 2.24) is 15.2 Å². The van der Waals surface area contributed by atoms with E-state index in [2.05, 4.69) is 10.3 Å². The average molecular weight is 484 g/mol. The SMILES string of the molecule is O=C(Cc1cccs1)NC1C(=O)N2C(C(=O)O)=C(c3cnc(-c4ccccc4)s3)CSC12. The molecule has 32 heavy (non-hydrogen) atoms. The maximum Gasteiger partial charge on any atom is 0.353 e. The van der Waals surface area contributed by atoms with E-state index >= 15 is 0 Å². The Bertz CT molecular complexity index is 1220. The van der Waals surface area contributed by atoms with Crippen LogP contribution in [-0.4, -0.2) is 49.9 Å². The van der Waals surface area contributed by atoms with Gasteiger partial charge in [-0.25, -0.2) is 9.78 Å². The predicted octanol–water partition coefficient (Wildman–Crippen LogP) is 3.31. The second-order valence-electron chi connectivity index (χ2n) is 7.24. The molecular weight excluding hydrogens is 466 g/mol. The van der Waals surface area contributed by atoms with Gasteiger partial charge in [-0.3, -0.25) is 14.5 Å². The molecule has 1 saturated heterocycles. The fourth-order valence-electron chi connectivity index (χ4n) is 3.73. The van der Waals surface area contributed by atoms with Crippen molar-refractivity contribution in [2.75, 3.05) is 5.75 Å². The molecule has 2 N–H and O–H groups in total. The van der Waals surface area contributed by atoms with Gasteiger partial charge < -0.3 is 10.4 Å². The van der Waals surface area contributed by atoms with Crippen molar-refractivity contribution in [2.45, 2.75) is 17.8 Å². The summed E-state index contributed by atoms with van der Waals surface area (Å²) in [4.78, 5) is 44.7. The molecule has 0 aliphatic carbocycles. The lowest BCUT2D eigenvalue weighted by molar-refractivity contribution is -0.150. The van der Waals surface area contributed by atoms with Crippen LogP contribution in [0.2, 0.25) is 0 Å². The van der Waals surface area contributed by atoms with Crippen molar-refractivity contribution in [3.05, 3.63) is 69.5 Å². The lowest BCUT2D eigenvalue weighted by atomic mass is 10.0. The smallest absolute Gasteiger partial charge is 0.353 e. The van der Waals surface area contributed by atoms with Crippen LogP contribution in [-0.2, 0) is 20.8 Å². The highest BCUT2D eigenvalue weighted by Gasteiger charge is 2.54. The Hall–Kier alpha value is -2.95. The first-order chi connectivity index (χ1) is 15.5. The van der Waals surface area contributed by atoms with Gasteiger partial charge in [0.2, 0.25) is 5.91 Å². The molecule has 1 fully saturated rings. The zero-order chi connectivity index (χ0) is 22.2. The second-order valence-corrected chi connectivity index (χ2v) is 10.4. The molecular formula is C22H17N3O4S3. The summed E-state index contributed by atoms with van der Waals surface area (Å²) in [6, 6.07) is 12.7. The number of nitrogens with zero attached hydrogens (tertiary/aromatic N) is 2. The Labute approximate surface area is 195 Å². The average Bonchev–Trinajstić information content (AvgIpc) is 3.49. The summed E-state index contributed by atoms with van der Waals surface area (Å²) in [5.41, 5.74) is 1.51. The number of hydrogen-bond acceptors (Lipinski definition) is 7. The Morgan fingerprint density at radius 3 is 2.72 bits per heavy atom. The van der Waals surface area contributed by atoms with E-state index in [0.29, 0.717) is 11.3 Å². The van der Waals surface area contributed by atoms with Crippen LogP contribution in [0.4, 0.5) is 0 Å². The van der Waals surface area contributed by atoms with E-state index < -0.39 is 23.3 Å². The molecule has 0 saturated carbocycles. The molecule has 4 heterocycles. The van der Waals surface area contributed by atoms with Gasteiger partial charge >= 0.3 is 5.97 Å². The lowest BCUT2D eigenvalue weighted by Crippen LogP contribution is -2.70. The molecule has 2 aromatic heterocycles. The van der Waals surface area contributed by atoms with Crippen molar-refractivity contribution < 1.29 is 19.5 Å². The Morgan fingerprint density at radius 2 is 2.00 bits per heavy atom. The summed E-state index contributed by atoms with van der Waals surface area (Å²) < 4.78 is 0. The molecule has 2 unspecified atom stereocenters. The number of nitrogens with one attached hydrogen (secondary N) is 1. The second kappa shape index (κ2) is 8.53. The summed E-state index contributed by atoms with van der Waals surface area (Å²) in [5.74, 6) is -1.38. The number of hydrogen-bond donors (Lipinski definition) is 2. The largest absolute Gasteiger partial charge is 0.477 e. The van der Waals surface area contributed by atoms with Crippen molar-refractivity contribution in [3.63, 3.8) is 0 Å². The van der Waals surface area contributed by atoms with E-state index in [4.69, 9.17) is 0 Å². The van der Waals surface area contributed by atoms with Crippen molar-refractivity contribution in [3.8, 4) is 10.6 Å². The molecule has 10 heteroatoms. The number of carboxylic acid groups (broad SMARTS) is 1. The summed E-state index contributed by atoms with van der Waals surface area (Å²) in [6.45, 7) is 0. The van der Waals surface area contributed by atoms with E-state index in [1.165, 1.54) is 39.3 Å². The van der Waals surface area contributed by atoms with Crippen LogP contribution in [0.5, 0.6) is 0 Å². The molecule has 0 spiro atoms. The standard InChI is InChI=1S/C22H17N3O4S3/c26-16(9-13-7-4-8-30-13)24-17-20(27)25-18(22(28)29)14(11-31-21(17)25)15-10-23-19(32-15)12-5-2-1-3-6-12/h1-8,10,17,21H,9,11H2,(H,24,26)(H,28,29). The number of benzene rings is 1. The molecule has 0 radical (unpaired) electrons. The van der Waals surface area contributed by atoms with Gasteiger partial charge in [-0.1, -0.05) is 36.4 Å². The van der Waals surface area contributed by atoms with Crippen LogP contribution >= 0.6 is 34.4 Å². The van der Waals surface area contributed by atoms with E-state index in [1.807, 2.05) is 47.8 Å². The van der Waals surface area contributed by atoms with Gasteiger partial charge in [-0.05, 0) is 11.4 Å². The third-order valence-corrected chi connectivity index (χ3v) is 8.49. The van der Waals surface area contributed by atoms with Crippen molar-refractivity contribution in [1.29, 1.82) is 0 Å². The zero-order valence-electron chi connectivity index (χ0n) is 16.6. The fourth-order valence-corrected chi connectivity index (χ4v) is 6.86. The molecule has 2 atom stereocenters. The molecule has 2 amide bonds. The van der Waals surface area contributed by atoms with Crippen LogP contribution in [0.1, 0.15) is 9.75 Å². The zero-order valence-corrected chi connectivity index (χ0v) is 19.0. The minimum Gasteiger partial charge on any atom is -0.477 e. The minimum absolute atomic E-state index is 0.0224. The number of β-lactam (4-membered cyclic amide) rings is 1. The lowest BCUT2D eigenvalue weighted by Gasteiger charge is -2.49. The highest BCUT2D eigenvalue weighted by atomic mass is 32.2. The third-order valence-electron chi connectivity index (χ3n) is 5.23. The molecule has 3 aromatic rings. The number of thiophene rings is 1. The van der Waals surface area contributed by atoms with Crippen molar-refractivity contribution in [2.24, 2.45) is 0 Å². The van der Waals surface area contributed by atoms with Crippen LogP contribution < -0.4 is 5.32 Å². The number of fused-ring (bicyclic) bond motifs is 1. The number of carbonyl (C=O) groups excluding carboxylic acids is 2. The van der Waals surface area contributed by atoms with Gasteiger partial charge in [0.15, 0.2) is 0 Å². The fraction of sp³-hybridized carbons (Fsp3) is 0.182. The van der Waals surface area contributed by atoms with Gasteiger partial charge in [-0.15, -0.1) is 34.4 Å².